The van der Waals surface area contributed by atoms with Gasteiger partial charge in [-0.3, -0.25) is 9.55 Å². The lowest BCUT2D eigenvalue weighted by Crippen LogP contribution is -2.62. The van der Waals surface area contributed by atoms with Gasteiger partial charge in [-0.15, -0.1) is 0 Å². The predicted molar refractivity (Wildman–Crippen MR) is 39.1 cm³/mol. The molecule has 0 radical (unpaired) electrons. The van der Waals surface area contributed by atoms with Crippen molar-refractivity contribution in [3.63, 3.8) is 0 Å². The molecule has 0 spiro atoms. The van der Waals surface area contributed by atoms with E-state index in [4.69, 9.17) is 0 Å². The molecule has 0 aliphatic carbocycles. The molecule has 0 aromatic heterocycles. The third kappa shape index (κ3) is 1.07. The van der Waals surface area contributed by atoms with Crippen molar-refractivity contribution in [1.82, 2.24) is 5.43 Å². The highest BCUT2D eigenvalue weighted by Gasteiger charge is 2.40. The summed E-state index contributed by atoms with van der Waals surface area (Å²) in [5, 5.41) is 11.7. The average Bonchev–Trinajstić information content (AvgIpc) is 2.31. The highest BCUT2D eigenvalue weighted by atomic mass is 16.6. The van der Waals surface area contributed by atoms with E-state index in [0.717, 1.165) is 12.8 Å². The van der Waals surface area contributed by atoms with Crippen molar-refractivity contribution in [3.8, 4) is 0 Å². The molecular formula is C7H12N2O2. The van der Waals surface area contributed by atoms with E-state index in [0.29, 0.717) is 13.0 Å². The Morgan fingerprint density at radius 1 is 1.64 bits per heavy atom. The quantitative estimate of drug-likeness (QED) is 0.395. The van der Waals surface area contributed by atoms with E-state index in [9.17, 15) is 10.0 Å². The molecule has 62 valence electrons. The Morgan fingerprint density at radius 3 is 3.27 bits per heavy atom. The molecule has 2 rings (SSSR count). The van der Waals surface area contributed by atoms with Crippen molar-refractivity contribution < 1.29 is 9.55 Å². The number of nitrogens with zero attached hydrogens (tertiary/aromatic N) is 1. The highest BCUT2D eigenvalue weighted by Crippen LogP contribution is 2.27. The molecule has 4 nitrogen and oxygen atoms in total. The molecule has 0 aromatic rings. The van der Waals surface area contributed by atoms with E-state index in [1.165, 1.54) is 0 Å². The SMILES string of the molecule is O=C1CN[N+]2([O-])CCCC2C1. The van der Waals surface area contributed by atoms with Crippen LogP contribution in [-0.2, 0) is 4.79 Å². The van der Waals surface area contributed by atoms with Gasteiger partial charge in [-0.05, 0) is 0 Å². The molecule has 0 aromatic carbocycles. The topological polar surface area (TPSA) is 52.2 Å². The van der Waals surface area contributed by atoms with Crippen molar-refractivity contribution in [2.75, 3.05) is 13.1 Å². The Bertz CT molecular complexity index is 195. The maximum absolute atomic E-state index is 11.7. The van der Waals surface area contributed by atoms with Crippen LogP contribution in [0.5, 0.6) is 0 Å². The van der Waals surface area contributed by atoms with Gasteiger partial charge >= 0.3 is 0 Å². The van der Waals surface area contributed by atoms with Gasteiger partial charge in [0.2, 0.25) is 0 Å². The maximum Gasteiger partial charge on any atom is 0.157 e. The number of hydrogen-bond acceptors (Lipinski definition) is 3. The Labute approximate surface area is 65.3 Å². The number of quaternary nitrogens is 1. The molecule has 2 aliphatic heterocycles. The van der Waals surface area contributed by atoms with Crippen LogP contribution in [0.15, 0.2) is 0 Å². The molecule has 0 saturated carbocycles. The minimum absolute atomic E-state index is 0.0104. The monoisotopic (exact) mass is 156 g/mol. The molecule has 2 aliphatic rings. The summed E-state index contributed by atoms with van der Waals surface area (Å²) in [4.78, 5) is 10.9. The number of hydroxylamine groups is 2. The zero-order valence-corrected chi connectivity index (χ0v) is 6.38. The molecule has 4 heteroatoms. The second kappa shape index (κ2) is 2.27. The number of carbonyl (C=O) groups excluding carboxylic acids is 1. The highest BCUT2D eigenvalue weighted by molar-refractivity contribution is 5.81. The van der Waals surface area contributed by atoms with E-state index >= 15 is 0 Å². The zero-order chi connectivity index (χ0) is 7.90. The molecule has 0 bridgehead atoms. The summed E-state index contributed by atoms with van der Waals surface area (Å²) in [5.74, 6) is 0.182. The molecule has 2 fully saturated rings. The molecule has 1 N–H and O–H groups in total. The van der Waals surface area contributed by atoms with Crippen LogP contribution in [0.1, 0.15) is 19.3 Å². The van der Waals surface area contributed by atoms with Crippen LogP contribution in [0.3, 0.4) is 0 Å². The molecule has 2 heterocycles. The minimum Gasteiger partial charge on any atom is -0.611 e. The summed E-state index contributed by atoms with van der Waals surface area (Å²) in [6.07, 6.45) is 2.34. The predicted octanol–water partition coefficient (Wildman–Crippen LogP) is -0.0592. The fraction of sp³-hybridized carbons (Fsp3) is 0.857. The second-order valence-electron chi connectivity index (χ2n) is 3.39. The van der Waals surface area contributed by atoms with E-state index < -0.39 is 0 Å². The fourth-order valence-corrected chi connectivity index (χ4v) is 1.97. The summed E-state index contributed by atoms with van der Waals surface area (Å²) in [5.41, 5.74) is 2.74. The second-order valence-corrected chi connectivity index (χ2v) is 3.39. The van der Waals surface area contributed by atoms with Crippen LogP contribution in [0.2, 0.25) is 0 Å². The van der Waals surface area contributed by atoms with E-state index in [1.54, 1.807) is 0 Å². The minimum atomic E-state index is -0.314. The summed E-state index contributed by atoms with van der Waals surface area (Å²) < 4.78 is -0.314. The Hall–Kier alpha value is -0.450. The zero-order valence-electron chi connectivity index (χ0n) is 6.38. The van der Waals surface area contributed by atoms with Gasteiger partial charge in [0.25, 0.3) is 0 Å². The van der Waals surface area contributed by atoms with Gasteiger partial charge in [-0.25, -0.2) is 0 Å². The smallest absolute Gasteiger partial charge is 0.157 e. The van der Waals surface area contributed by atoms with Crippen molar-refractivity contribution in [1.29, 1.82) is 0 Å². The number of carbonyl (C=O) groups is 1. The van der Waals surface area contributed by atoms with E-state index in [1.807, 2.05) is 0 Å². The third-order valence-electron chi connectivity index (χ3n) is 2.62. The van der Waals surface area contributed by atoms with E-state index in [-0.39, 0.29) is 23.1 Å². The lowest BCUT2D eigenvalue weighted by molar-refractivity contribution is -0.936. The first-order chi connectivity index (χ1) is 5.21. The Kier molecular flexibility index (Phi) is 1.49. The summed E-state index contributed by atoms with van der Waals surface area (Å²) in [6.45, 7) is 0.901. The lowest BCUT2D eigenvalue weighted by Gasteiger charge is -2.45. The molecule has 0 amide bonds. The van der Waals surface area contributed by atoms with Crippen LogP contribution in [0.25, 0.3) is 0 Å². The Balaban J connectivity index is 2.14. The van der Waals surface area contributed by atoms with E-state index in [2.05, 4.69) is 5.43 Å². The first kappa shape index (κ1) is 7.21. The van der Waals surface area contributed by atoms with Crippen molar-refractivity contribution in [3.05, 3.63) is 5.21 Å². The summed E-state index contributed by atoms with van der Waals surface area (Å²) >= 11 is 0. The van der Waals surface area contributed by atoms with Crippen molar-refractivity contribution in [2.45, 2.75) is 25.3 Å². The largest absolute Gasteiger partial charge is 0.611 e. The van der Waals surface area contributed by atoms with Crippen molar-refractivity contribution >= 4 is 5.78 Å². The standard InChI is InChI=1S/C7H12N2O2/c10-7-4-6-2-1-3-9(6,11)8-5-7/h6,8H,1-5H2. The number of ketones is 1. The summed E-state index contributed by atoms with van der Waals surface area (Å²) in [6, 6.07) is 0.0104. The van der Waals surface area contributed by atoms with Crippen LogP contribution < -0.4 is 5.43 Å². The van der Waals surface area contributed by atoms with Gasteiger partial charge < -0.3 is 5.21 Å². The molecule has 2 unspecified atom stereocenters. The van der Waals surface area contributed by atoms with Gasteiger partial charge in [0.15, 0.2) is 5.78 Å². The normalized spacial score (nSPS) is 44.1. The van der Waals surface area contributed by atoms with Gasteiger partial charge in [0.1, 0.15) is 12.6 Å². The maximum atomic E-state index is 11.7. The molecule has 2 atom stereocenters. The lowest BCUT2D eigenvalue weighted by atomic mass is 10.1. The fourth-order valence-electron chi connectivity index (χ4n) is 1.97. The summed E-state index contributed by atoms with van der Waals surface area (Å²) in [7, 11) is 0. The molecule has 2 saturated heterocycles. The van der Waals surface area contributed by atoms with Gasteiger partial charge in [-0.1, -0.05) is 0 Å². The molecular weight excluding hydrogens is 144 g/mol. The first-order valence-corrected chi connectivity index (χ1v) is 4.06. The van der Waals surface area contributed by atoms with Gasteiger partial charge in [-0.2, -0.15) is 5.43 Å². The number of fused-ring (bicyclic) bond motifs is 1. The van der Waals surface area contributed by atoms with Gasteiger partial charge in [0, 0.05) is 12.8 Å². The van der Waals surface area contributed by atoms with Crippen molar-refractivity contribution in [2.24, 2.45) is 0 Å². The Morgan fingerprint density at radius 2 is 2.45 bits per heavy atom. The average molecular weight is 156 g/mol. The van der Waals surface area contributed by atoms with Crippen LogP contribution >= 0.6 is 0 Å². The van der Waals surface area contributed by atoms with Crippen LogP contribution in [0.4, 0.5) is 0 Å². The number of hydrogen-bond donors (Lipinski definition) is 1. The number of nitrogens with one attached hydrogen (secondary N) is 1. The number of rotatable bonds is 0. The first-order valence-electron chi connectivity index (χ1n) is 4.06. The molecule has 11 heavy (non-hydrogen) atoms. The van der Waals surface area contributed by atoms with Crippen LogP contribution in [-0.4, -0.2) is 29.7 Å². The third-order valence-corrected chi connectivity index (χ3v) is 2.62. The van der Waals surface area contributed by atoms with Crippen LogP contribution in [0, 0.1) is 5.21 Å². The number of Topliss-reactive ketones (excluding diaryl/α,β-unsaturated/α-hetero) is 1. The van der Waals surface area contributed by atoms with Gasteiger partial charge in [0.05, 0.1) is 13.0 Å².